The summed E-state index contributed by atoms with van der Waals surface area (Å²) in [6.07, 6.45) is 10.3. The molecule has 0 unspecified atom stereocenters. The smallest absolute Gasteiger partial charge is 0.324 e. The molecule has 266 valence electrons. The molecule has 0 aliphatic carbocycles. The van der Waals surface area contributed by atoms with Crippen molar-refractivity contribution in [2.75, 3.05) is 49.7 Å². The number of benzene rings is 3. The number of halogens is 3. The minimum atomic E-state index is 0.154. The molecule has 3 aromatic carbocycles. The second kappa shape index (κ2) is 17.6. The van der Waals surface area contributed by atoms with Gasteiger partial charge in [-0.25, -0.2) is 25.2 Å². The van der Waals surface area contributed by atoms with Crippen LogP contribution < -0.4 is 20.2 Å². The van der Waals surface area contributed by atoms with Crippen LogP contribution in [0.1, 0.15) is 36.8 Å². The van der Waals surface area contributed by atoms with Crippen LogP contribution in [0.25, 0.3) is 0 Å². The summed E-state index contributed by atoms with van der Waals surface area (Å²) in [6, 6.07) is 22.7. The molecule has 0 bridgehead atoms. The first-order valence-electron chi connectivity index (χ1n) is 16.5. The van der Waals surface area contributed by atoms with Gasteiger partial charge in [-0.2, -0.15) is 9.97 Å². The highest BCUT2D eigenvalue weighted by molar-refractivity contribution is 9.10. The summed E-state index contributed by atoms with van der Waals surface area (Å²) >= 11 is 11.2. The molecule has 51 heavy (non-hydrogen) atoms. The number of hydrogen-bond donors (Lipinski definition) is 2. The highest BCUT2D eigenvalue weighted by atomic mass is 79.9. The van der Waals surface area contributed by atoms with Gasteiger partial charge in [0.2, 0.25) is 5.95 Å². The Morgan fingerprint density at radius 1 is 0.706 bits per heavy atom. The zero-order valence-corrected chi connectivity index (χ0v) is 31.7. The summed E-state index contributed by atoms with van der Waals surface area (Å²) < 4.78 is 18.6. The van der Waals surface area contributed by atoms with Gasteiger partial charge >= 0.3 is 6.01 Å². The lowest BCUT2D eigenvalue weighted by Gasteiger charge is -2.34. The van der Waals surface area contributed by atoms with E-state index in [-0.39, 0.29) is 5.41 Å². The first-order valence-corrected chi connectivity index (χ1v) is 18.5. The maximum atomic E-state index is 5.57. The predicted octanol–water partition coefficient (Wildman–Crippen LogP) is 7.52. The molecule has 15 heteroatoms. The van der Waals surface area contributed by atoms with Crippen LogP contribution in [-0.4, -0.2) is 69.4 Å². The van der Waals surface area contributed by atoms with Crippen molar-refractivity contribution < 1.29 is 14.2 Å². The number of para-hydroxylation sites is 1. The third-order valence-electron chi connectivity index (χ3n) is 9.50. The Morgan fingerprint density at radius 3 is 1.92 bits per heavy atom. The summed E-state index contributed by atoms with van der Waals surface area (Å²) in [5.74, 6) is 1.43. The molecular formula is C36H38Br2ClN9O3. The van der Waals surface area contributed by atoms with Gasteiger partial charge < -0.3 is 24.4 Å². The van der Waals surface area contributed by atoms with Crippen LogP contribution in [0.5, 0.6) is 11.8 Å². The van der Waals surface area contributed by atoms with Crippen molar-refractivity contribution in [3.05, 3.63) is 112 Å². The molecular weight excluding hydrogens is 802 g/mol. The Kier molecular flexibility index (Phi) is 12.8. The highest BCUT2D eigenvalue weighted by Crippen LogP contribution is 2.49. The van der Waals surface area contributed by atoms with E-state index in [9.17, 15) is 0 Å². The average molecular weight is 840 g/mol. The summed E-state index contributed by atoms with van der Waals surface area (Å²) in [7, 11) is 0. The first kappa shape index (κ1) is 37.0. The van der Waals surface area contributed by atoms with Crippen molar-refractivity contribution in [1.82, 2.24) is 29.9 Å². The van der Waals surface area contributed by atoms with E-state index >= 15 is 0 Å². The van der Waals surface area contributed by atoms with Gasteiger partial charge in [0.1, 0.15) is 31.1 Å². The molecule has 6 heterocycles. The number of aromatic nitrogens is 6. The quantitative estimate of drug-likeness (QED) is 0.173. The molecule has 2 aromatic heterocycles. The molecule has 4 aliphatic heterocycles. The van der Waals surface area contributed by atoms with Gasteiger partial charge in [0.25, 0.3) is 0 Å². The SMILES string of the molecule is Brc1ccc2c(c1)N(c1ncncn1)CC21CCOCC1.Brc1ccc2c(c1)NCC21CCOCC1.NCl.c1ccc(Oc2ncncn2)cc1. The Bertz CT molecular complexity index is 1800. The van der Waals surface area contributed by atoms with Crippen LogP contribution in [-0.2, 0) is 20.3 Å². The third-order valence-corrected chi connectivity index (χ3v) is 10.5. The van der Waals surface area contributed by atoms with Gasteiger partial charge in [-0.15, -0.1) is 0 Å². The number of rotatable bonds is 3. The maximum absolute atomic E-state index is 5.57. The van der Waals surface area contributed by atoms with Gasteiger partial charge in [-0.05, 0) is 85.0 Å². The molecule has 0 saturated carbocycles. The number of nitrogens with two attached hydrogens (primary N) is 1. The fraction of sp³-hybridized carbons (Fsp3) is 0.333. The molecule has 9 rings (SSSR count). The maximum Gasteiger partial charge on any atom is 0.324 e. The summed E-state index contributed by atoms with van der Waals surface area (Å²) in [4.78, 5) is 26.1. The highest BCUT2D eigenvalue weighted by Gasteiger charge is 2.45. The topological polar surface area (TPSA) is 146 Å². The van der Waals surface area contributed by atoms with Crippen molar-refractivity contribution in [1.29, 1.82) is 0 Å². The zero-order chi connectivity index (χ0) is 35.5. The van der Waals surface area contributed by atoms with Crippen molar-refractivity contribution in [3.63, 3.8) is 0 Å². The van der Waals surface area contributed by atoms with Crippen molar-refractivity contribution in [2.45, 2.75) is 36.5 Å². The van der Waals surface area contributed by atoms with E-state index in [1.807, 2.05) is 30.3 Å². The lowest BCUT2D eigenvalue weighted by atomic mass is 9.76. The number of ether oxygens (including phenoxy) is 3. The molecule has 12 nitrogen and oxygen atoms in total. The van der Waals surface area contributed by atoms with E-state index < -0.39 is 0 Å². The van der Waals surface area contributed by atoms with Crippen LogP contribution in [0, 0.1) is 0 Å². The zero-order valence-electron chi connectivity index (χ0n) is 27.8. The van der Waals surface area contributed by atoms with Gasteiger partial charge in [-0.1, -0.05) is 62.2 Å². The lowest BCUT2D eigenvalue weighted by molar-refractivity contribution is 0.0557. The summed E-state index contributed by atoms with van der Waals surface area (Å²) in [5.41, 5.74) is 5.85. The largest absolute Gasteiger partial charge is 0.424 e. The van der Waals surface area contributed by atoms with E-state index in [0.717, 1.165) is 74.1 Å². The Morgan fingerprint density at radius 2 is 1.27 bits per heavy atom. The van der Waals surface area contributed by atoms with Crippen LogP contribution in [0.15, 0.2) is 101 Å². The standard InChI is InChI=1S/C15H15BrN4O.C12H14BrNO.C9H7N3O.ClH2N/c16-11-1-2-12-13(7-11)20(14-18-9-17-10-19-14)8-15(12)3-5-21-6-4-15;13-9-1-2-10-11(7-9)14-8-12(10)3-5-15-6-4-12;1-2-4-8(5-3-1)13-9-11-6-10-7-12-9;1-2/h1-2,7,9-10H,3-6,8H2;1-2,7,14H,3-6,8H2;1-7H;2H2. The van der Waals surface area contributed by atoms with E-state index in [0.29, 0.717) is 23.1 Å². The second-order valence-corrected chi connectivity index (χ2v) is 14.2. The number of hydrogen-bond acceptors (Lipinski definition) is 12. The van der Waals surface area contributed by atoms with E-state index in [2.05, 4.69) is 125 Å². The Hall–Kier alpha value is -3.79. The third kappa shape index (κ3) is 8.82. The van der Waals surface area contributed by atoms with Crippen LogP contribution in [0.4, 0.5) is 17.3 Å². The van der Waals surface area contributed by atoms with Gasteiger partial charge in [-0.3, -0.25) is 0 Å². The fourth-order valence-electron chi connectivity index (χ4n) is 6.96. The monoisotopic (exact) mass is 837 g/mol. The fourth-order valence-corrected chi connectivity index (χ4v) is 7.67. The van der Waals surface area contributed by atoms with Gasteiger partial charge in [0.15, 0.2) is 0 Å². The molecule has 2 spiro atoms. The number of nitrogens with zero attached hydrogens (tertiary/aromatic N) is 7. The van der Waals surface area contributed by atoms with Crippen molar-refractivity contribution >= 4 is 61.0 Å². The predicted molar refractivity (Wildman–Crippen MR) is 203 cm³/mol. The molecule has 0 radical (unpaired) electrons. The number of anilines is 3. The van der Waals surface area contributed by atoms with Crippen LogP contribution in [0.3, 0.4) is 0 Å². The minimum absolute atomic E-state index is 0.154. The Balaban J connectivity index is 0.000000133. The van der Waals surface area contributed by atoms with Gasteiger partial charge in [0.05, 0.1) is 0 Å². The normalized spacial score (nSPS) is 17.3. The molecule has 0 atom stereocenters. The Labute approximate surface area is 318 Å². The molecule has 4 aliphatic rings. The first-order chi connectivity index (χ1) is 25.0. The average Bonchev–Trinajstić information content (AvgIpc) is 3.68. The van der Waals surface area contributed by atoms with Crippen molar-refractivity contribution in [2.24, 2.45) is 5.25 Å². The second-order valence-electron chi connectivity index (χ2n) is 12.4. The molecule has 2 fully saturated rings. The lowest BCUT2D eigenvalue weighted by Crippen LogP contribution is -2.37. The van der Waals surface area contributed by atoms with Crippen LogP contribution in [0.2, 0.25) is 0 Å². The number of fused-ring (bicyclic) bond motifs is 4. The molecule has 2 saturated heterocycles. The summed E-state index contributed by atoms with van der Waals surface area (Å²) in [5, 5.41) is 7.49. The minimum Gasteiger partial charge on any atom is -0.424 e. The van der Waals surface area contributed by atoms with E-state index in [4.69, 9.17) is 14.2 Å². The molecule has 5 aromatic rings. The van der Waals surface area contributed by atoms with Crippen LogP contribution >= 0.6 is 43.6 Å². The molecule has 3 N–H and O–H groups in total. The van der Waals surface area contributed by atoms with Gasteiger partial charge in [0, 0.05) is 70.7 Å². The van der Waals surface area contributed by atoms with E-state index in [1.54, 1.807) is 12.7 Å². The number of nitrogens with one attached hydrogen (secondary N) is 1. The van der Waals surface area contributed by atoms with Crippen molar-refractivity contribution in [3.8, 4) is 11.8 Å². The summed E-state index contributed by atoms with van der Waals surface area (Å²) in [6.45, 7) is 5.42. The molecule has 0 amide bonds. The van der Waals surface area contributed by atoms with E-state index in [1.165, 1.54) is 35.2 Å².